The summed E-state index contributed by atoms with van der Waals surface area (Å²) in [6.07, 6.45) is 2.79. The molecule has 1 heterocycles. The largest absolute Gasteiger partial charge is 0.388 e. The Labute approximate surface area is 102 Å². The van der Waals surface area contributed by atoms with Gasteiger partial charge in [-0.2, -0.15) is 0 Å². The van der Waals surface area contributed by atoms with Crippen molar-refractivity contribution in [2.45, 2.75) is 38.1 Å². The average Bonchev–Trinajstić information content (AvgIpc) is 2.38. The summed E-state index contributed by atoms with van der Waals surface area (Å²) in [5, 5.41) is 9.64. The molecule has 1 saturated heterocycles. The van der Waals surface area contributed by atoms with Crippen LogP contribution < -0.4 is 0 Å². The standard InChI is InChI=1S/C14H20O3/c15-13-9-5-11-17-14(13)16-10-4-8-12-6-2-1-3-7-12/h1-3,6-7,13-15H,4-5,8-11H2. The molecule has 1 aliphatic heterocycles. The van der Waals surface area contributed by atoms with E-state index in [2.05, 4.69) is 12.1 Å². The molecule has 0 spiro atoms. The van der Waals surface area contributed by atoms with Crippen LogP contribution in [-0.4, -0.2) is 30.7 Å². The van der Waals surface area contributed by atoms with Gasteiger partial charge in [0.2, 0.25) is 0 Å². The number of aliphatic hydroxyl groups excluding tert-OH is 1. The Balaban J connectivity index is 1.63. The van der Waals surface area contributed by atoms with Crippen molar-refractivity contribution in [3.05, 3.63) is 35.9 Å². The monoisotopic (exact) mass is 236 g/mol. The lowest BCUT2D eigenvalue weighted by atomic mass is 10.1. The van der Waals surface area contributed by atoms with Gasteiger partial charge in [-0.05, 0) is 31.2 Å². The Morgan fingerprint density at radius 3 is 2.88 bits per heavy atom. The van der Waals surface area contributed by atoms with E-state index in [1.54, 1.807) is 0 Å². The van der Waals surface area contributed by atoms with Crippen LogP contribution in [0.4, 0.5) is 0 Å². The van der Waals surface area contributed by atoms with E-state index in [1.165, 1.54) is 5.56 Å². The fourth-order valence-electron chi connectivity index (χ4n) is 2.02. The second-order valence-corrected chi connectivity index (χ2v) is 4.41. The van der Waals surface area contributed by atoms with Crippen LogP contribution in [0.5, 0.6) is 0 Å². The average molecular weight is 236 g/mol. The molecule has 17 heavy (non-hydrogen) atoms. The van der Waals surface area contributed by atoms with Crippen LogP contribution in [-0.2, 0) is 15.9 Å². The van der Waals surface area contributed by atoms with Crippen molar-refractivity contribution in [1.29, 1.82) is 0 Å². The van der Waals surface area contributed by atoms with E-state index >= 15 is 0 Å². The minimum Gasteiger partial charge on any atom is -0.388 e. The molecule has 0 amide bonds. The zero-order valence-electron chi connectivity index (χ0n) is 10.0. The van der Waals surface area contributed by atoms with Gasteiger partial charge in [0, 0.05) is 6.61 Å². The van der Waals surface area contributed by atoms with Gasteiger partial charge >= 0.3 is 0 Å². The molecule has 94 valence electrons. The number of hydrogen-bond acceptors (Lipinski definition) is 3. The molecule has 0 saturated carbocycles. The maximum Gasteiger partial charge on any atom is 0.183 e. The minimum atomic E-state index is -0.458. The Bertz CT molecular complexity index is 313. The normalized spacial score (nSPS) is 24.8. The molecule has 1 N–H and O–H groups in total. The third-order valence-electron chi connectivity index (χ3n) is 2.98. The lowest BCUT2D eigenvalue weighted by Crippen LogP contribution is -2.36. The molecule has 2 unspecified atom stereocenters. The Kier molecular flexibility index (Phi) is 4.98. The third kappa shape index (κ3) is 4.11. The predicted molar refractivity (Wildman–Crippen MR) is 65.7 cm³/mol. The summed E-state index contributed by atoms with van der Waals surface area (Å²) in [5.74, 6) is 0. The van der Waals surface area contributed by atoms with Crippen molar-refractivity contribution in [3.8, 4) is 0 Å². The summed E-state index contributed by atoms with van der Waals surface area (Å²) in [6.45, 7) is 1.33. The predicted octanol–water partition coefficient (Wildman–Crippen LogP) is 2.13. The van der Waals surface area contributed by atoms with E-state index in [0.29, 0.717) is 13.2 Å². The number of aryl methyl sites for hydroxylation is 1. The van der Waals surface area contributed by atoms with Crippen molar-refractivity contribution >= 4 is 0 Å². The van der Waals surface area contributed by atoms with E-state index in [1.807, 2.05) is 18.2 Å². The summed E-state index contributed by atoms with van der Waals surface area (Å²) in [5.41, 5.74) is 1.32. The highest BCUT2D eigenvalue weighted by atomic mass is 16.7. The van der Waals surface area contributed by atoms with Gasteiger partial charge in [-0.25, -0.2) is 0 Å². The van der Waals surface area contributed by atoms with E-state index in [0.717, 1.165) is 25.7 Å². The number of hydrogen-bond donors (Lipinski definition) is 1. The first-order valence-corrected chi connectivity index (χ1v) is 6.31. The highest BCUT2D eigenvalue weighted by Gasteiger charge is 2.23. The van der Waals surface area contributed by atoms with Crippen LogP contribution in [0, 0.1) is 0 Å². The molecule has 0 aromatic heterocycles. The third-order valence-corrected chi connectivity index (χ3v) is 2.98. The lowest BCUT2D eigenvalue weighted by Gasteiger charge is -2.27. The van der Waals surface area contributed by atoms with Crippen LogP contribution in [0.3, 0.4) is 0 Å². The van der Waals surface area contributed by atoms with Crippen molar-refractivity contribution in [1.82, 2.24) is 0 Å². The summed E-state index contributed by atoms with van der Waals surface area (Å²) >= 11 is 0. The first-order valence-electron chi connectivity index (χ1n) is 6.31. The van der Waals surface area contributed by atoms with Crippen LogP contribution in [0.2, 0.25) is 0 Å². The summed E-state index contributed by atoms with van der Waals surface area (Å²) in [7, 11) is 0. The van der Waals surface area contributed by atoms with Gasteiger partial charge in [0.15, 0.2) is 6.29 Å². The Morgan fingerprint density at radius 1 is 1.29 bits per heavy atom. The van der Waals surface area contributed by atoms with Gasteiger partial charge in [0.1, 0.15) is 6.10 Å². The molecule has 3 heteroatoms. The van der Waals surface area contributed by atoms with E-state index in [-0.39, 0.29) is 0 Å². The highest BCUT2D eigenvalue weighted by molar-refractivity contribution is 5.14. The van der Waals surface area contributed by atoms with Gasteiger partial charge in [-0.1, -0.05) is 30.3 Å². The molecule has 0 aliphatic carbocycles. The minimum absolute atomic E-state index is 0.417. The molecule has 0 radical (unpaired) electrons. The number of benzene rings is 1. The summed E-state index contributed by atoms with van der Waals surface area (Å²) in [6, 6.07) is 10.3. The first-order chi connectivity index (χ1) is 8.36. The van der Waals surface area contributed by atoms with Gasteiger partial charge in [0.25, 0.3) is 0 Å². The van der Waals surface area contributed by atoms with Crippen LogP contribution in [0.15, 0.2) is 30.3 Å². The molecule has 2 atom stereocenters. The quantitative estimate of drug-likeness (QED) is 0.796. The molecule has 3 nitrogen and oxygen atoms in total. The molecule has 1 fully saturated rings. The molecule has 2 rings (SSSR count). The van der Waals surface area contributed by atoms with Gasteiger partial charge in [0.05, 0.1) is 6.61 Å². The zero-order chi connectivity index (χ0) is 11.9. The maximum atomic E-state index is 9.64. The molecule has 1 aliphatic rings. The molecule has 1 aromatic rings. The van der Waals surface area contributed by atoms with Gasteiger partial charge in [-0.15, -0.1) is 0 Å². The summed E-state index contributed by atoms with van der Waals surface area (Å²) < 4.78 is 10.9. The van der Waals surface area contributed by atoms with Gasteiger partial charge in [-0.3, -0.25) is 0 Å². The molecule has 1 aromatic carbocycles. The second-order valence-electron chi connectivity index (χ2n) is 4.41. The topological polar surface area (TPSA) is 38.7 Å². The van der Waals surface area contributed by atoms with E-state index < -0.39 is 12.4 Å². The number of aliphatic hydroxyl groups is 1. The van der Waals surface area contributed by atoms with Crippen molar-refractivity contribution in [2.24, 2.45) is 0 Å². The van der Waals surface area contributed by atoms with Crippen molar-refractivity contribution < 1.29 is 14.6 Å². The Hall–Kier alpha value is -0.900. The SMILES string of the molecule is OC1CCCOC1OCCCc1ccccc1. The van der Waals surface area contributed by atoms with Crippen LogP contribution in [0.25, 0.3) is 0 Å². The lowest BCUT2D eigenvalue weighted by molar-refractivity contribution is -0.214. The zero-order valence-corrected chi connectivity index (χ0v) is 10.0. The van der Waals surface area contributed by atoms with Crippen LogP contribution in [0.1, 0.15) is 24.8 Å². The maximum absolute atomic E-state index is 9.64. The highest BCUT2D eigenvalue weighted by Crippen LogP contribution is 2.15. The number of rotatable bonds is 5. The van der Waals surface area contributed by atoms with Crippen LogP contribution >= 0.6 is 0 Å². The van der Waals surface area contributed by atoms with E-state index in [4.69, 9.17) is 9.47 Å². The summed E-state index contributed by atoms with van der Waals surface area (Å²) in [4.78, 5) is 0. The fraction of sp³-hybridized carbons (Fsp3) is 0.571. The molecular weight excluding hydrogens is 216 g/mol. The Morgan fingerprint density at radius 2 is 2.12 bits per heavy atom. The smallest absolute Gasteiger partial charge is 0.183 e. The first kappa shape index (κ1) is 12.6. The molecular formula is C14H20O3. The van der Waals surface area contributed by atoms with Crippen molar-refractivity contribution in [3.63, 3.8) is 0 Å². The molecule has 0 bridgehead atoms. The van der Waals surface area contributed by atoms with Crippen molar-refractivity contribution in [2.75, 3.05) is 13.2 Å². The number of ether oxygens (including phenoxy) is 2. The second kappa shape index (κ2) is 6.74. The fourth-order valence-corrected chi connectivity index (χ4v) is 2.02. The van der Waals surface area contributed by atoms with E-state index in [9.17, 15) is 5.11 Å². The van der Waals surface area contributed by atoms with Gasteiger partial charge < -0.3 is 14.6 Å².